The summed E-state index contributed by atoms with van der Waals surface area (Å²) < 4.78 is 2.14. The summed E-state index contributed by atoms with van der Waals surface area (Å²) in [4.78, 5) is 12.1. The fraction of sp³-hybridized carbons (Fsp3) is 0.174. The summed E-state index contributed by atoms with van der Waals surface area (Å²) in [5.74, 6) is 0.591. The van der Waals surface area contributed by atoms with Crippen LogP contribution in [0.15, 0.2) is 42.7 Å². The quantitative estimate of drug-likeness (QED) is 0.515. The lowest BCUT2D eigenvalue weighted by molar-refractivity contribution is 0.954. The first kappa shape index (κ1) is 17.7. The third kappa shape index (κ3) is 2.99. The van der Waals surface area contributed by atoms with E-state index < -0.39 is 0 Å². The van der Waals surface area contributed by atoms with E-state index in [2.05, 4.69) is 58.5 Å². The Kier molecular flexibility index (Phi) is 4.32. The molecule has 5 nitrogen and oxygen atoms in total. The average Bonchev–Trinajstić information content (AvgIpc) is 3.20. The van der Waals surface area contributed by atoms with Crippen LogP contribution in [0.3, 0.4) is 0 Å². The highest BCUT2D eigenvalue weighted by molar-refractivity contribution is 5.91. The number of hydrogen-bond donors (Lipinski definition) is 1. The van der Waals surface area contributed by atoms with Gasteiger partial charge in [0, 0.05) is 17.6 Å². The molecule has 0 radical (unpaired) electrons. The Hall–Kier alpha value is -3.65. The average molecular weight is 367 g/mol. The van der Waals surface area contributed by atoms with Crippen molar-refractivity contribution in [3.05, 3.63) is 76.6 Å². The molecule has 0 amide bonds. The second-order valence-corrected chi connectivity index (χ2v) is 7.08. The largest absolute Gasteiger partial charge is 0.337 e. The smallest absolute Gasteiger partial charge is 0.149 e. The van der Waals surface area contributed by atoms with Crippen LogP contribution < -0.4 is 0 Å². The molecule has 3 aromatic heterocycles. The van der Waals surface area contributed by atoms with Crippen LogP contribution in [0.1, 0.15) is 33.9 Å². The Labute approximate surface area is 164 Å². The van der Waals surface area contributed by atoms with Gasteiger partial charge in [0.25, 0.3) is 0 Å². The summed E-state index contributed by atoms with van der Waals surface area (Å²) in [7, 11) is 0. The summed E-state index contributed by atoms with van der Waals surface area (Å²) in [5.41, 5.74) is 8.86. The summed E-state index contributed by atoms with van der Waals surface area (Å²) in [5, 5.41) is 9.76. The monoisotopic (exact) mass is 367 g/mol. The fourth-order valence-corrected chi connectivity index (χ4v) is 3.52. The van der Waals surface area contributed by atoms with Crippen molar-refractivity contribution in [2.24, 2.45) is 0 Å². The standard InChI is InChI=1S/C23H21N5/c1-14-8-21-22(9-15(14)2)27-23(26-21)19(12-24)11-18-10-16(3)28(17(18)4)20-6-5-7-25-13-20/h5-11,13H,1-4H3,(H,26,27)/b19-11-. The van der Waals surface area contributed by atoms with Crippen LogP contribution in [-0.2, 0) is 0 Å². The van der Waals surface area contributed by atoms with Crippen LogP contribution in [0.2, 0.25) is 0 Å². The lowest BCUT2D eigenvalue weighted by atomic mass is 10.1. The number of benzene rings is 1. The molecule has 4 rings (SSSR count). The second kappa shape index (κ2) is 6.82. The van der Waals surface area contributed by atoms with Crippen LogP contribution in [0.4, 0.5) is 0 Å². The lowest BCUT2D eigenvalue weighted by Crippen LogP contribution is -1.99. The molecule has 1 aromatic carbocycles. The Morgan fingerprint density at radius 3 is 2.64 bits per heavy atom. The molecule has 0 spiro atoms. The molecule has 0 atom stereocenters. The van der Waals surface area contributed by atoms with Crippen molar-refractivity contribution >= 4 is 22.7 Å². The van der Waals surface area contributed by atoms with E-state index >= 15 is 0 Å². The zero-order valence-electron chi connectivity index (χ0n) is 16.4. The Morgan fingerprint density at radius 2 is 1.93 bits per heavy atom. The van der Waals surface area contributed by atoms with E-state index in [-0.39, 0.29) is 0 Å². The van der Waals surface area contributed by atoms with E-state index in [1.165, 1.54) is 11.1 Å². The maximum atomic E-state index is 9.76. The Bertz CT molecular complexity index is 1210. The molecule has 0 aliphatic heterocycles. The van der Waals surface area contributed by atoms with E-state index in [0.717, 1.165) is 33.7 Å². The molecule has 3 heterocycles. The number of H-pyrrole nitrogens is 1. The van der Waals surface area contributed by atoms with Gasteiger partial charge in [0.2, 0.25) is 0 Å². The number of hydrogen-bond acceptors (Lipinski definition) is 3. The van der Waals surface area contributed by atoms with E-state index in [1.54, 1.807) is 6.20 Å². The molecule has 5 heteroatoms. The number of fused-ring (bicyclic) bond motifs is 1. The molecular weight excluding hydrogens is 346 g/mol. The van der Waals surface area contributed by atoms with Gasteiger partial charge < -0.3 is 9.55 Å². The van der Waals surface area contributed by atoms with Crippen molar-refractivity contribution in [3.63, 3.8) is 0 Å². The van der Waals surface area contributed by atoms with E-state index in [4.69, 9.17) is 0 Å². The van der Waals surface area contributed by atoms with E-state index in [0.29, 0.717) is 11.4 Å². The predicted molar refractivity (Wildman–Crippen MR) is 112 cm³/mol. The molecule has 0 saturated carbocycles. The minimum Gasteiger partial charge on any atom is -0.337 e. The van der Waals surface area contributed by atoms with Crippen LogP contribution >= 0.6 is 0 Å². The van der Waals surface area contributed by atoms with Crippen molar-refractivity contribution in [2.45, 2.75) is 27.7 Å². The molecule has 0 aliphatic rings. The fourth-order valence-electron chi connectivity index (χ4n) is 3.52. The highest BCUT2D eigenvalue weighted by atomic mass is 15.0. The van der Waals surface area contributed by atoms with Gasteiger partial charge in [0.1, 0.15) is 11.9 Å². The molecule has 1 N–H and O–H groups in total. The van der Waals surface area contributed by atoms with Crippen LogP contribution in [0, 0.1) is 39.0 Å². The van der Waals surface area contributed by atoms with Crippen molar-refractivity contribution in [1.29, 1.82) is 5.26 Å². The lowest BCUT2D eigenvalue weighted by Gasteiger charge is -2.08. The number of aromatic amines is 1. The molecule has 138 valence electrons. The molecule has 0 saturated heterocycles. The number of aromatic nitrogens is 4. The highest BCUT2D eigenvalue weighted by Gasteiger charge is 2.13. The summed E-state index contributed by atoms with van der Waals surface area (Å²) >= 11 is 0. The van der Waals surface area contributed by atoms with Crippen molar-refractivity contribution in [3.8, 4) is 11.8 Å². The van der Waals surface area contributed by atoms with Crippen molar-refractivity contribution in [1.82, 2.24) is 19.5 Å². The number of imidazole rings is 1. The van der Waals surface area contributed by atoms with E-state index in [1.807, 2.05) is 37.4 Å². The van der Waals surface area contributed by atoms with Gasteiger partial charge >= 0.3 is 0 Å². The third-order valence-corrected chi connectivity index (χ3v) is 5.15. The Morgan fingerprint density at radius 1 is 1.14 bits per heavy atom. The number of nitrogens with zero attached hydrogens (tertiary/aromatic N) is 4. The molecule has 28 heavy (non-hydrogen) atoms. The molecule has 0 unspecified atom stereocenters. The van der Waals surface area contributed by atoms with Gasteiger partial charge in [-0.15, -0.1) is 0 Å². The van der Waals surface area contributed by atoms with Crippen LogP contribution in [-0.4, -0.2) is 19.5 Å². The van der Waals surface area contributed by atoms with Gasteiger partial charge in [-0.3, -0.25) is 4.98 Å². The highest BCUT2D eigenvalue weighted by Crippen LogP contribution is 2.26. The minimum absolute atomic E-state index is 0.512. The topological polar surface area (TPSA) is 70.3 Å². The van der Waals surface area contributed by atoms with Gasteiger partial charge in [-0.05, 0) is 80.8 Å². The number of nitriles is 1. The number of pyridine rings is 1. The molecule has 0 aliphatic carbocycles. The first-order chi connectivity index (χ1) is 13.5. The molecule has 0 bridgehead atoms. The summed E-state index contributed by atoms with van der Waals surface area (Å²) in [6.45, 7) is 8.24. The first-order valence-corrected chi connectivity index (χ1v) is 9.16. The first-order valence-electron chi connectivity index (χ1n) is 9.16. The zero-order chi connectivity index (χ0) is 19.8. The number of allylic oxidation sites excluding steroid dienone is 1. The summed E-state index contributed by atoms with van der Waals surface area (Å²) in [6.07, 6.45) is 5.49. The summed E-state index contributed by atoms with van der Waals surface area (Å²) in [6, 6.07) is 12.4. The van der Waals surface area contributed by atoms with Crippen LogP contribution in [0.5, 0.6) is 0 Å². The molecule has 4 aromatic rings. The van der Waals surface area contributed by atoms with Gasteiger partial charge in [-0.1, -0.05) is 0 Å². The predicted octanol–water partition coefficient (Wildman–Crippen LogP) is 5.05. The molecular formula is C23H21N5. The SMILES string of the molecule is Cc1cc2nc(/C(C#N)=C\c3cc(C)n(-c4cccnc4)c3C)[nH]c2cc1C. The third-order valence-electron chi connectivity index (χ3n) is 5.15. The zero-order valence-corrected chi connectivity index (χ0v) is 16.4. The van der Waals surface area contributed by atoms with Gasteiger partial charge in [-0.2, -0.15) is 5.26 Å². The van der Waals surface area contributed by atoms with E-state index in [9.17, 15) is 5.26 Å². The normalized spacial score (nSPS) is 11.8. The van der Waals surface area contributed by atoms with Gasteiger partial charge in [-0.25, -0.2) is 4.98 Å². The number of nitrogens with one attached hydrogen (secondary N) is 1. The molecule has 0 fully saturated rings. The maximum Gasteiger partial charge on any atom is 0.149 e. The second-order valence-electron chi connectivity index (χ2n) is 7.08. The van der Waals surface area contributed by atoms with Gasteiger partial charge in [0.05, 0.1) is 28.5 Å². The van der Waals surface area contributed by atoms with Crippen molar-refractivity contribution < 1.29 is 0 Å². The maximum absolute atomic E-state index is 9.76. The number of aryl methyl sites for hydroxylation is 3. The van der Waals surface area contributed by atoms with Gasteiger partial charge in [0.15, 0.2) is 0 Å². The van der Waals surface area contributed by atoms with Crippen LogP contribution in [0.25, 0.3) is 28.4 Å². The minimum atomic E-state index is 0.512. The van der Waals surface area contributed by atoms with Crippen molar-refractivity contribution in [2.75, 3.05) is 0 Å². The number of rotatable bonds is 3. The Balaban J connectivity index is 1.81.